The molecule has 0 fully saturated rings. The third-order valence-electron chi connectivity index (χ3n) is 2.60. The molecule has 0 radical (unpaired) electrons. The average Bonchev–Trinajstić information content (AvgIpc) is 2.35. The van der Waals surface area contributed by atoms with Crippen molar-refractivity contribution in [2.24, 2.45) is 5.73 Å². The van der Waals surface area contributed by atoms with Gasteiger partial charge >= 0.3 is 0 Å². The molecule has 0 heterocycles. The van der Waals surface area contributed by atoms with Crippen LogP contribution in [0.25, 0.3) is 0 Å². The highest BCUT2D eigenvalue weighted by Gasteiger charge is 2.11. The number of hydrogen-bond donors (Lipinski definition) is 1. The molecular formula is C15H19N. The Bertz CT molecular complexity index is 374. The van der Waals surface area contributed by atoms with Crippen LogP contribution in [-0.4, -0.2) is 6.54 Å². The first-order valence-corrected chi connectivity index (χ1v) is 5.53. The lowest BCUT2D eigenvalue weighted by molar-refractivity contribution is 0.816. The van der Waals surface area contributed by atoms with Gasteiger partial charge in [-0.05, 0) is 18.1 Å². The quantitative estimate of drug-likeness (QED) is 0.745. The molecule has 0 aliphatic carbocycles. The molecule has 0 saturated carbocycles. The number of rotatable bonds is 5. The van der Waals surface area contributed by atoms with Gasteiger partial charge < -0.3 is 5.73 Å². The van der Waals surface area contributed by atoms with Crippen LogP contribution >= 0.6 is 0 Å². The van der Waals surface area contributed by atoms with Crippen molar-refractivity contribution in [2.45, 2.75) is 12.8 Å². The zero-order valence-electron chi connectivity index (χ0n) is 9.77. The normalized spacial score (nSPS) is 14.0. The van der Waals surface area contributed by atoms with Crippen molar-refractivity contribution >= 4 is 0 Å². The maximum Gasteiger partial charge on any atom is 0.0209 e. The number of hydrogen-bond acceptors (Lipinski definition) is 1. The first kappa shape index (κ1) is 12.5. The van der Waals surface area contributed by atoms with E-state index in [4.69, 9.17) is 5.73 Å². The molecule has 1 atom stereocenters. The highest BCUT2D eigenvalue weighted by atomic mass is 14.5. The molecule has 16 heavy (non-hydrogen) atoms. The highest BCUT2D eigenvalue weighted by Crippen LogP contribution is 2.24. The third kappa shape index (κ3) is 3.21. The van der Waals surface area contributed by atoms with Crippen LogP contribution in [0.2, 0.25) is 0 Å². The molecule has 1 aromatic carbocycles. The Balaban J connectivity index is 2.97. The van der Waals surface area contributed by atoms with Crippen molar-refractivity contribution in [2.75, 3.05) is 6.54 Å². The molecule has 0 bridgehead atoms. The third-order valence-corrected chi connectivity index (χ3v) is 2.60. The molecule has 0 aromatic heterocycles. The van der Waals surface area contributed by atoms with Gasteiger partial charge in [0.2, 0.25) is 0 Å². The molecule has 1 nitrogen and oxygen atoms in total. The Morgan fingerprint density at radius 2 is 2.06 bits per heavy atom. The molecule has 0 aliphatic rings. The second-order valence-electron chi connectivity index (χ2n) is 3.58. The Hall–Kier alpha value is -1.60. The van der Waals surface area contributed by atoms with Crippen molar-refractivity contribution in [3.05, 3.63) is 72.4 Å². The summed E-state index contributed by atoms with van der Waals surface area (Å²) in [5, 5.41) is 0. The average molecular weight is 213 g/mol. The molecule has 0 spiro atoms. The van der Waals surface area contributed by atoms with Gasteiger partial charge in [-0.1, -0.05) is 61.2 Å². The second-order valence-corrected chi connectivity index (χ2v) is 3.58. The summed E-state index contributed by atoms with van der Waals surface area (Å²) in [6.45, 7) is 6.33. The van der Waals surface area contributed by atoms with Crippen molar-refractivity contribution in [1.82, 2.24) is 0 Å². The minimum Gasteiger partial charge on any atom is -0.330 e. The van der Waals surface area contributed by atoms with Gasteiger partial charge in [0.15, 0.2) is 0 Å². The largest absolute Gasteiger partial charge is 0.330 e. The zero-order valence-corrected chi connectivity index (χ0v) is 9.77. The molecule has 1 rings (SSSR count). The lowest BCUT2D eigenvalue weighted by Gasteiger charge is -2.16. The van der Waals surface area contributed by atoms with Gasteiger partial charge in [-0.2, -0.15) is 0 Å². The van der Waals surface area contributed by atoms with Crippen molar-refractivity contribution in [3.63, 3.8) is 0 Å². The summed E-state index contributed by atoms with van der Waals surface area (Å²) in [5.74, 6) is 0.266. The Labute approximate surface area is 98.0 Å². The summed E-state index contributed by atoms with van der Waals surface area (Å²) < 4.78 is 0. The predicted octanol–water partition coefficient (Wildman–Crippen LogP) is 3.42. The fraction of sp³-hybridized carbons (Fsp3) is 0.200. The first-order valence-electron chi connectivity index (χ1n) is 5.53. The van der Waals surface area contributed by atoms with E-state index in [1.807, 2.05) is 31.2 Å². The summed E-state index contributed by atoms with van der Waals surface area (Å²) in [5.41, 5.74) is 8.34. The van der Waals surface area contributed by atoms with Gasteiger partial charge in [-0.25, -0.2) is 0 Å². The zero-order chi connectivity index (χ0) is 11.8. The van der Waals surface area contributed by atoms with Crippen LogP contribution in [0.3, 0.4) is 0 Å². The molecule has 1 heteroatoms. The summed E-state index contributed by atoms with van der Waals surface area (Å²) in [6, 6.07) is 10.3. The molecule has 1 aromatic rings. The van der Waals surface area contributed by atoms with Crippen LogP contribution in [0, 0.1) is 0 Å². The predicted molar refractivity (Wildman–Crippen MR) is 71.3 cm³/mol. The summed E-state index contributed by atoms with van der Waals surface area (Å²) in [4.78, 5) is 0. The van der Waals surface area contributed by atoms with E-state index in [2.05, 4.69) is 30.9 Å². The van der Waals surface area contributed by atoms with Gasteiger partial charge in [0.1, 0.15) is 0 Å². The molecule has 0 saturated heterocycles. The van der Waals surface area contributed by atoms with E-state index in [-0.39, 0.29) is 5.92 Å². The van der Waals surface area contributed by atoms with E-state index in [0.29, 0.717) is 6.54 Å². The van der Waals surface area contributed by atoms with Crippen molar-refractivity contribution in [1.29, 1.82) is 0 Å². The minimum atomic E-state index is 0.266. The Kier molecular flexibility index (Phi) is 5.30. The monoisotopic (exact) mass is 213 g/mol. The summed E-state index contributed by atoms with van der Waals surface area (Å²) >= 11 is 0. The van der Waals surface area contributed by atoms with Gasteiger partial charge in [-0.3, -0.25) is 0 Å². The number of nitrogens with two attached hydrogens (primary N) is 1. The van der Waals surface area contributed by atoms with E-state index in [0.717, 1.165) is 0 Å². The van der Waals surface area contributed by atoms with Crippen LogP contribution in [0.1, 0.15) is 18.4 Å². The SMILES string of the molecule is C=C/C=C\C(=C/C)C(CN)c1ccccc1. The Morgan fingerprint density at radius 1 is 1.38 bits per heavy atom. The van der Waals surface area contributed by atoms with E-state index in [1.165, 1.54) is 11.1 Å². The maximum atomic E-state index is 5.85. The van der Waals surface area contributed by atoms with Crippen LogP contribution in [0.5, 0.6) is 0 Å². The molecule has 2 N–H and O–H groups in total. The lowest BCUT2D eigenvalue weighted by Crippen LogP contribution is -2.14. The molecule has 84 valence electrons. The van der Waals surface area contributed by atoms with Crippen molar-refractivity contribution in [3.8, 4) is 0 Å². The molecular weight excluding hydrogens is 194 g/mol. The smallest absolute Gasteiger partial charge is 0.0209 e. The molecule has 1 unspecified atom stereocenters. The van der Waals surface area contributed by atoms with E-state index in [9.17, 15) is 0 Å². The van der Waals surface area contributed by atoms with Crippen LogP contribution in [0.4, 0.5) is 0 Å². The Morgan fingerprint density at radius 3 is 2.56 bits per heavy atom. The standard InChI is InChI=1S/C15H19N/c1-3-5-9-13(4-2)15(12-16)14-10-7-6-8-11-14/h3-11,15H,1,12,16H2,2H3/b9-5-,13-4+. The summed E-state index contributed by atoms with van der Waals surface area (Å²) in [6.07, 6.45) is 7.89. The van der Waals surface area contributed by atoms with Gasteiger partial charge in [-0.15, -0.1) is 0 Å². The highest BCUT2D eigenvalue weighted by molar-refractivity contribution is 5.36. The lowest BCUT2D eigenvalue weighted by atomic mass is 9.90. The van der Waals surface area contributed by atoms with Crippen LogP contribution < -0.4 is 5.73 Å². The van der Waals surface area contributed by atoms with Gasteiger partial charge in [0, 0.05) is 12.5 Å². The number of benzene rings is 1. The van der Waals surface area contributed by atoms with Gasteiger partial charge in [0.25, 0.3) is 0 Å². The van der Waals surface area contributed by atoms with Gasteiger partial charge in [0.05, 0.1) is 0 Å². The second kappa shape index (κ2) is 6.81. The fourth-order valence-electron chi connectivity index (χ4n) is 1.74. The number of allylic oxidation sites excluding steroid dienone is 4. The minimum absolute atomic E-state index is 0.266. The first-order chi connectivity index (χ1) is 7.83. The maximum absolute atomic E-state index is 5.85. The van der Waals surface area contributed by atoms with E-state index in [1.54, 1.807) is 6.08 Å². The fourth-order valence-corrected chi connectivity index (χ4v) is 1.74. The van der Waals surface area contributed by atoms with Crippen LogP contribution in [0.15, 0.2) is 66.8 Å². The van der Waals surface area contributed by atoms with E-state index >= 15 is 0 Å². The topological polar surface area (TPSA) is 26.0 Å². The van der Waals surface area contributed by atoms with Crippen LogP contribution in [-0.2, 0) is 0 Å². The molecule has 0 aliphatic heterocycles. The van der Waals surface area contributed by atoms with Crippen molar-refractivity contribution < 1.29 is 0 Å². The molecule has 0 amide bonds. The van der Waals surface area contributed by atoms with E-state index < -0.39 is 0 Å². The summed E-state index contributed by atoms with van der Waals surface area (Å²) in [7, 11) is 0.